The zero-order chi connectivity index (χ0) is 14.4. The topological polar surface area (TPSA) is 41.1 Å². The molecular weight excluding hydrogens is 272 g/mol. The molecule has 0 unspecified atom stereocenters. The van der Waals surface area contributed by atoms with Crippen LogP contribution in [0.3, 0.4) is 0 Å². The molecule has 2 N–H and O–H groups in total. The minimum atomic E-state index is -0.00331. The molecule has 0 radical (unpaired) electrons. The van der Waals surface area contributed by atoms with Crippen molar-refractivity contribution in [1.29, 1.82) is 0 Å². The van der Waals surface area contributed by atoms with E-state index >= 15 is 0 Å². The van der Waals surface area contributed by atoms with Crippen molar-refractivity contribution >= 4 is 17.5 Å². The molecule has 0 spiro atoms. The van der Waals surface area contributed by atoms with Crippen molar-refractivity contribution in [3.63, 3.8) is 0 Å². The Morgan fingerprint density at radius 3 is 2.70 bits per heavy atom. The molecule has 4 heteroatoms. The van der Waals surface area contributed by atoms with Gasteiger partial charge in [0, 0.05) is 23.5 Å². The van der Waals surface area contributed by atoms with Gasteiger partial charge in [-0.05, 0) is 37.6 Å². The highest BCUT2D eigenvalue weighted by Gasteiger charge is 2.32. The van der Waals surface area contributed by atoms with Gasteiger partial charge in [0.15, 0.2) is 0 Å². The molecule has 20 heavy (non-hydrogen) atoms. The summed E-state index contributed by atoms with van der Waals surface area (Å²) < 4.78 is 0. The minimum absolute atomic E-state index is 0.00331. The summed E-state index contributed by atoms with van der Waals surface area (Å²) in [6, 6.07) is 7.60. The highest BCUT2D eigenvalue weighted by Crippen LogP contribution is 2.30. The van der Waals surface area contributed by atoms with Gasteiger partial charge in [-0.3, -0.25) is 4.79 Å². The second-order valence-electron chi connectivity index (χ2n) is 5.67. The fourth-order valence-corrected chi connectivity index (χ4v) is 3.17. The van der Waals surface area contributed by atoms with Gasteiger partial charge in [0.05, 0.1) is 0 Å². The lowest BCUT2D eigenvalue weighted by Gasteiger charge is -2.36. The van der Waals surface area contributed by atoms with Gasteiger partial charge in [-0.2, -0.15) is 0 Å². The quantitative estimate of drug-likeness (QED) is 0.875. The normalized spacial score (nSPS) is 17.7. The van der Waals surface area contributed by atoms with Crippen LogP contribution in [-0.4, -0.2) is 18.5 Å². The summed E-state index contributed by atoms with van der Waals surface area (Å²) in [5, 5.41) is 7.07. The van der Waals surface area contributed by atoms with Crippen LogP contribution in [0.25, 0.3) is 0 Å². The van der Waals surface area contributed by atoms with E-state index in [1.807, 2.05) is 31.3 Å². The maximum absolute atomic E-state index is 12.1. The summed E-state index contributed by atoms with van der Waals surface area (Å²) in [5.41, 5.74) is 1.03. The summed E-state index contributed by atoms with van der Waals surface area (Å²) in [4.78, 5) is 12.1. The van der Waals surface area contributed by atoms with Crippen LogP contribution in [0.15, 0.2) is 24.3 Å². The van der Waals surface area contributed by atoms with Gasteiger partial charge in [0.1, 0.15) is 0 Å². The zero-order valence-electron chi connectivity index (χ0n) is 12.0. The number of rotatable bonds is 5. The average molecular weight is 295 g/mol. The van der Waals surface area contributed by atoms with E-state index in [0.29, 0.717) is 18.0 Å². The Labute approximate surface area is 126 Å². The Kier molecular flexibility index (Phi) is 5.44. The molecule has 0 atom stereocenters. The lowest BCUT2D eigenvalue weighted by Crippen LogP contribution is -2.48. The average Bonchev–Trinajstić information content (AvgIpc) is 2.46. The lowest BCUT2D eigenvalue weighted by atomic mass is 9.79. The SMILES string of the molecule is CNC1(CC(=O)NCc2cccc(Cl)c2)CCCCC1. The fourth-order valence-electron chi connectivity index (χ4n) is 2.96. The van der Waals surface area contributed by atoms with Crippen molar-refractivity contribution < 1.29 is 4.79 Å². The van der Waals surface area contributed by atoms with Crippen molar-refractivity contribution in [2.45, 2.75) is 50.6 Å². The molecule has 0 aromatic heterocycles. The second-order valence-corrected chi connectivity index (χ2v) is 6.11. The molecule has 2 rings (SSSR count). The van der Waals surface area contributed by atoms with Crippen LogP contribution in [0.4, 0.5) is 0 Å². The number of nitrogens with one attached hydrogen (secondary N) is 2. The van der Waals surface area contributed by atoms with Crippen molar-refractivity contribution in [2.75, 3.05) is 7.05 Å². The third-order valence-electron chi connectivity index (χ3n) is 4.22. The van der Waals surface area contributed by atoms with Gasteiger partial charge >= 0.3 is 0 Å². The van der Waals surface area contributed by atoms with Crippen LogP contribution < -0.4 is 10.6 Å². The predicted molar refractivity (Wildman–Crippen MR) is 82.8 cm³/mol. The van der Waals surface area contributed by atoms with E-state index in [2.05, 4.69) is 10.6 Å². The highest BCUT2D eigenvalue weighted by molar-refractivity contribution is 6.30. The molecule has 1 saturated carbocycles. The molecule has 1 aliphatic carbocycles. The summed E-state index contributed by atoms with van der Waals surface area (Å²) in [7, 11) is 1.97. The third-order valence-corrected chi connectivity index (χ3v) is 4.45. The van der Waals surface area contributed by atoms with Crippen molar-refractivity contribution in [1.82, 2.24) is 10.6 Å². The molecule has 1 aromatic carbocycles. The van der Waals surface area contributed by atoms with Crippen molar-refractivity contribution in [2.24, 2.45) is 0 Å². The maximum Gasteiger partial charge on any atom is 0.222 e. The fraction of sp³-hybridized carbons (Fsp3) is 0.562. The number of carbonyl (C=O) groups excluding carboxylic acids is 1. The van der Waals surface area contributed by atoms with Gasteiger partial charge in [-0.25, -0.2) is 0 Å². The summed E-state index contributed by atoms with van der Waals surface area (Å²) in [5.74, 6) is 0.112. The first kappa shape index (κ1) is 15.3. The van der Waals surface area contributed by atoms with Gasteiger partial charge < -0.3 is 10.6 Å². The minimum Gasteiger partial charge on any atom is -0.352 e. The summed E-state index contributed by atoms with van der Waals surface area (Å²) in [6.07, 6.45) is 6.45. The molecule has 0 heterocycles. The largest absolute Gasteiger partial charge is 0.352 e. The highest BCUT2D eigenvalue weighted by atomic mass is 35.5. The maximum atomic E-state index is 12.1. The Hall–Kier alpha value is -1.06. The number of hydrogen-bond donors (Lipinski definition) is 2. The Balaban J connectivity index is 1.85. The smallest absolute Gasteiger partial charge is 0.222 e. The lowest BCUT2D eigenvalue weighted by molar-refractivity contribution is -0.123. The van der Waals surface area contributed by atoms with Gasteiger partial charge in [-0.1, -0.05) is 43.0 Å². The molecule has 0 bridgehead atoms. The van der Waals surface area contributed by atoms with E-state index in [1.165, 1.54) is 19.3 Å². The number of hydrogen-bond acceptors (Lipinski definition) is 2. The van der Waals surface area contributed by atoms with Crippen LogP contribution in [0, 0.1) is 0 Å². The first-order valence-corrected chi connectivity index (χ1v) is 7.71. The van der Waals surface area contributed by atoms with Crippen LogP contribution in [0.1, 0.15) is 44.1 Å². The molecule has 1 aliphatic rings. The third kappa shape index (κ3) is 4.22. The summed E-state index contributed by atoms with van der Waals surface area (Å²) >= 11 is 5.94. The van der Waals surface area contributed by atoms with Crippen LogP contribution in [-0.2, 0) is 11.3 Å². The van der Waals surface area contributed by atoms with E-state index in [-0.39, 0.29) is 11.4 Å². The molecule has 0 aliphatic heterocycles. The number of amides is 1. The molecule has 110 valence electrons. The van der Waals surface area contributed by atoms with Gasteiger partial charge in [-0.15, -0.1) is 0 Å². The molecule has 0 saturated heterocycles. The van der Waals surface area contributed by atoms with E-state index in [9.17, 15) is 4.79 Å². The standard InChI is InChI=1S/C16H23ClN2O/c1-18-16(8-3-2-4-9-16)11-15(20)19-12-13-6-5-7-14(17)10-13/h5-7,10,18H,2-4,8-9,11-12H2,1H3,(H,19,20). The predicted octanol–water partition coefficient (Wildman–Crippen LogP) is 3.27. The van der Waals surface area contributed by atoms with Crippen LogP contribution in [0.5, 0.6) is 0 Å². The van der Waals surface area contributed by atoms with Gasteiger partial charge in [0.2, 0.25) is 5.91 Å². The second kappa shape index (κ2) is 7.09. The monoisotopic (exact) mass is 294 g/mol. The zero-order valence-corrected chi connectivity index (χ0v) is 12.8. The number of halogens is 1. The van der Waals surface area contributed by atoms with E-state index in [1.54, 1.807) is 0 Å². The molecule has 1 amide bonds. The van der Waals surface area contributed by atoms with Crippen molar-refractivity contribution in [3.05, 3.63) is 34.9 Å². The summed E-state index contributed by atoms with van der Waals surface area (Å²) in [6.45, 7) is 0.541. The van der Waals surface area contributed by atoms with E-state index < -0.39 is 0 Å². The van der Waals surface area contributed by atoms with Gasteiger partial charge in [0.25, 0.3) is 0 Å². The molecule has 3 nitrogen and oxygen atoms in total. The molecule has 1 fully saturated rings. The Morgan fingerprint density at radius 2 is 2.05 bits per heavy atom. The van der Waals surface area contributed by atoms with Crippen molar-refractivity contribution in [3.8, 4) is 0 Å². The number of benzene rings is 1. The van der Waals surface area contributed by atoms with Crippen LogP contribution in [0.2, 0.25) is 5.02 Å². The number of carbonyl (C=O) groups is 1. The van der Waals surface area contributed by atoms with Crippen LogP contribution >= 0.6 is 11.6 Å². The first-order valence-electron chi connectivity index (χ1n) is 7.34. The Bertz CT molecular complexity index is 456. The molecule has 1 aromatic rings. The van der Waals surface area contributed by atoms with E-state index in [0.717, 1.165) is 18.4 Å². The van der Waals surface area contributed by atoms with E-state index in [4.69, 9.17) is 11.6 Å². The first-order chi connectivity index (χ1) is 9.63. The Morgan fingerprint density at radius 1 is 1.30 bits per heavy atom. The molecular formula is C16H23ClN2O.